The third-order valence-corrected chi connectivity index (χ3v) is 8.01. The molecule has 0 atom stereocenters. The van der Waals surface area contributed by atoms with Gasteiger partial charge in [-0.2, -0.15) is 0 Å². The van der Waals surface area contributed by atoms with Crippen LogP contribution < -0.4 is 0 Å². The highest BCUT2D eigenvalue weighted by Crippen LogP contribution is 2.41. The zero-order valence-electron chi connectivity index (χ0n) is 18.3. The average Bonchev–Trinajstić information content (AvgIpc) is 3.25. The van der Waals surface area contributed by atoms with Gasteiger partial charge in [-0.3, -0.25) is 0 Å². The topological polar surface area (TPSA) is 0 Å². The van der Waals surface area contributed by atoms with Crippen molar-refractivity contribution in [2.75, 3.05) is 6.26 Å². The highest BCUT2D eigenvalue weighted by atomic mass is 32.2. The van der Waals surface area contributed by atoms with Crippen molar-refractivity contribution in [3.05, 3.63) is 52.4 Å². The molecule has 2 heteroatoms. The maximum absolute atomic E-state index is 6.05. The van der Waals surface area contributed by atoms with Crippen LogP contribution in [-0.4, -0.2) is 6.26 Å². The standard InChI is InChI=1S/C28H30S2/c1-5-7-8-9-10-11-12-21-22-13-15-25(29-4)20(6-2)27(22)19(3)28-23(21)14-16-26-24(28)17-18-30-26/h2,13-18H,5,7-12H2,1,3-4H3. The van der Waals surface area contributed by atoms with Gasteiger partial charge in [-0.25, -0.2) is 0 Å². The van der Waals surface area contributed by atoms with Crippen molar-refractivity contribution in [2.24, 2.45) is 0 Å². The van der Waals surface area contributed by atoms with E-state index >= 15 is 0 Å². The number of aryl methyl sites for hydroxylation is 2. The Labute approximate surface area is 189 Å². The Bertz CT molecular complexity index is 1240. The van der Waals surface area contributed by atoms with E-state index in [1.165, 1.54) is 86.2 Å². The maximum atomic E-state index is 6.05. The maximum Gasteiger partial charge on any atom is 0.0459 e. The van der Waals surface area contributed by atoms with Gasteiger partial charge in [-0.05, 0) is 76.9 Å². The summed E-state index contributed by atoms with van der Waals surface area (Å²) < 4.78 is 1.36. The molecule has 154 valence electrons. The van der Waals surface area contributed by atoms with Crippen molar-refractivity contribution in [2.45, 2.75) is 63.7 Å². The number of benzene rings is 3. The highest BCUT2D eigenvalue weighted by Gasteiger charge is 2.17. The largest absolute Gasteiger partial charge is 0.144 e. The SMILES string of the molecule is C#Cc1c(SC)ccc2c(CCCCCCCC)c3ccc4sccc4c3c(C)c12. The third-order valence-electron chi connectivity index (χ3n) is 6.35. The van der Waals surface area contributed by atoms with Crippen molar-refractivity contribution in [3.63, 3.8) is 0 Å². The minimum Gasteiger partial charge on any atom is -0.144 e. The first-order valence-corrected chi connectivity index (χ1v) is 13.2. The Morgan fingerprint density at radius 1 is 0.900 bits per heavy atom. The summed E-state index contributed by atoms with van der Waals surface area (Å²) in [6.45, 7) is 4.54. The number of thiophene rings is 1. The van der Waals surface area contributed by atoms with E-state index in [4.69, 9.17) is 6.42 Å². The summed E-state index contributed by atoms with van der Waals surface area (Å²) in [5.41, 5.74) is 3.88. The molecular formula is C28H30S2. The Hall–Kier alpha value is -1.95. The molecule has 0 fully saturated rings. The number of rotatable bonds is 8. The monoisotopic (exact) mass is 430 g/mol. The minimum absolute atomic E-state index is 1.07. The lowest BCUT2D eigenvalue weighted by atomic mass is 9.87. The molecule has 1 heterocycles. The molecular weight excluding hydrogens is 400 g/mol. The summed E-state index contributed by atoms with van der Waals surface area (Å²) in [5.74, 6) is 3.04. The van der Waals surface area contributed by atoms with Crippen LogP contribution in [0.3, 0.4) is 0 Å². The lowest BCUT2D eigenvalue weighted by Gasteiger charge is -2.18. The van der Waals surface area contributed by atoms with Crippen molar-refractivity contribution >= 4 is 54.7 Å². The number of thioether (sulfide) groups is 1. The van der Waals surface area contributed by atoms with E-state index in [1.807, 2.05) is 11.3 Å². The summed E-state index contributed by atoms with van der Waals surface area (Å²) in [5, 5.41) is 9.04. The first kappa shape index (κ1) is 21.3. The van der Waals surface area contributed by atoms with Gasteiger partial charge in [0.1, 0.15) is 0 Å². The molecule has 0 radical (unpaired) electrons. The highest BCUT2D eigenvalue weighted by molar-refractivity contribution is 7.98. The van der Waals surface area contributed by atoms with Gasteiger partial charge in [-0.1, -0.05) is 57.1 Å². The summed E-state index contributed by atoms with van der Waals surface area (Å²) in [4.78, 5) is 1.20. The lowest BCUT2D eigenvalue weighted by Crippen LogP contribution is -1.97. The van der Waals surface area contributed by atoms with Crippen LogP contribution >= 0.6 is 23.1 Å². The number of unbranched alkanes of at least 4 members (excludes halogenated alkanes) is 5. The van der Waals surface area contributed by atoms with Crippen LogP contribution in [0, 0.1) is 19.3 Å². The van der Waals surface area contributed by atoms with Crippen LogP contribution in [0.15, 0.2) is 40.6 Å². The van der Waals surface area contributed by atoms with Crippen molar-refractivity contribution in [1.82, 2.24) is 0 Å². The zero-order chi connectivity index (χ0) is 21.1. The Balaban J connectivity index is 1.93. The lowest BCUT2D eigenvalue weighted by molar-refractivity contribution is 0.609. The molecule has 0 aliphatic rings. The third kappa shape index (κ3) is 3.75. The molecule has 0 N–H and O–H groups in total. The number of terminal acetylenes is 1. The fourth-order valence-corrected chi connectivity index (χ4v) is 6.22. The molecule has 0 saturated heterocycles. The second-order valence-electron chi connectivity index (χ2n) is 8.15. The van der Waals surface area contributed by atoms with Gasteiger partial charge in [0.15, 0.2) is 0 Å². The summed E-state index contributed by atoms with van der Waals surface area (Å²) in [6, 6.07) is 11.5. The minimum atomic E-state index is 1.07. The molecule has 4 rings (SSSR count). The molecule has 4 aromatic rings. The van der Waals surface area contributed by atoms with E-state index in [-0.39, 0.29) is 0 Å². The summed E-state index contributed by atoms with van der Waals surface area (Å²) >= 11 is 3.57. The molecule has 0 nitrogen and oxygen atoms in total. The molecule has 0 amide bonds. The van der Waals surface area contributed by atoms with Gasteiger partial charge in [0.05, 0.1) is 0 Å². The fraction of sp³-hybridized carbons (Fsp3) is 0.357. The van der Waals surface area contributed by atoms with Crippen LogP contribution in [0.4, 0.5) is 0 Å². The number of hydrogen-bond donors (Lipinski definition) is 0. The van der Waals surface area contributed by atoms with E-state index < -0.39 is 0 Å². The molecule has 0 aliphatic heterocycles. The predicted molar refractivity (Wildman–Crippen MR) is 138 cm³/mol. The van der Waals surface area contributed by atoms with Gasteiger partial charge in [0.25, 0.3) is 0 Å². The van der Waals surface area contributed by atoms with Crippen molar-refractivity contribution in [3.8, 4) is 12.3 Å². The number of hydrogen-bond acceptors (Lipinski definition) is 2. The predicted octanol–water partition coefficient (Wildman–Crippen LogP) is 9.12. The van der Waals surface area contributed by atoms with Gasteiger partial charge in [-0.15, -0.1) is 29.5 Å². The fourth-order valence-electron chi connectivity index (χ4n) is 4.86. The first-order valence-electron chi connectivity index (χ1n) is 11.1. The Morgan fingerprint density at radius 3 is 2.40 bits per heavy atom. The summed E-state index contributed by atoms with van der Waals surface area (Å²) in [6.07, 6.45) is 17.2. The van der Waals surface area contributed by atoms with Crippen LogP contribution in [0.5, 0.6) is 0 Å². The average molecular weight is 431 g/mol. The first-order chi connectivity index (χ1) is 14.7. The van der Waals surface area contributed by atoms with Crippen LogP contribution in [0.25, 0.3) is 31.6 Å². The second-order valence-corrected chi connectivity index (χ2v) is 9.95. The number of fused-ring (bicyclic) bond motifs is 4. The van der Waals surface area contributed by atoms with E-state index in [9.17, 15) is 0 Å². The van der Waals surface area contributed by atoms with Gasteiger partial charge >= 0.3 is 0 Å². The molecule has 30 heavy (non-hydrogen) atoms. The second kappa shape index (κ2) is 9.46. The molecule has 3 aromatic carbocycles. The van der Waals surface area contributed by atoms with Gasteiger partial charge in [0.2, 0.25) is 0 Å². The Morgan fingerprint density at radius 2 is 1.63 bits per heavy atom. The van der Waals surface area contributed by atoms with Crippen LogP contribution in [-0.2, 0) is 6.42 Å². The van der Waals surface area contributed by atoms with Gasteiger partial charge in [0, 0.05) is 25.9 Å². The van der Waals surface area contributed by atoms with Gasteiger partial charge < -0.3 is 0 Å². The smallest absolute Gasteiger partial charge is 0.0459 e. The molecule has 0 spiro atoms. The Kier molecular flexibility index (Phi) is 6.71. The normalized spacial score (nSPS) is 11.5. The molecule has 0 bridgehead atoms. The molecule has 0 saturated carbocycles. The molecule has 0 unspecified atom stereocenters. The van der Waals surface area contributed by atoms with E-state index in [0.29, 0.717) is 0 Å². The van der Waals surface area contributed by atoms with E-state index in [0.717, 1.165) is 12.0 Å². The van der Waals surface area contributed by atoms with Crippen molar-refractivity contribution in [1.29, 1.82) is 0 Å². The van der Waals surface area contributed by atoms with Crippen LogP contribution in [0.2, 0.25) is 0 Å². The molecule has 0 aliphatic carbocycles. The molecule has 1 aromatic heterocycles. The van der Waals surface area contributed by atoms with Crippen LogP contribution in [0.1, 0.15) is 62.1 Å². The quantitative estimate of drug-likeness (QED) is 0.116. The van der Waals surface area contributed by atoms with E-state index in [2.05, 4.69) is 61.7 Å². The zero-order valence-corrected chi connectivity index (χ0v) is 19.9. The van der Waals surface area contributed by atoms with E-state index in [1.54, 1.807) is 11.8 Å². The van der Waals surface area contributed by atoms with Crippen molar-refractivity contribution < 1.29 is 0 Å². The summed E-state index contributed by atoms with van der Waals surface area (Å²) in [7, 11) is 0.